The zero-order valence-electron chi connectivity index (χ0n) is 9.35. The summed E-state index contributed by atoms with van der Waals surface area (Å²) in [7, 11) is 0. The van der Waals surface area contributed by atoms with Gasteiger partial charge in [-0.05, 0) is 19.1 Å². The highest BCUT2D eigenvalue weighted by molar-refractivity contribution is 9.09. The van der Waals surface area contributed by atoms with E-state index >= 15 is 0 Å². The van der Waals surface area contributed by atoms with Crippen LogP contribution in [0.5, 0.6) is 0 Å². The molecule has 1 aromatic rings. The number of carbonyl (C=O) groups is 2. The molecule has 0 fully saturated rings. The van der Waals surface area contributed by atoms with Gasteiger partial charge in [-0.25, -0.2) is 0 Å². The summed E-state index contributed by atoms with van der Waals surface area (Å²) in [6.45, 7) is 2.45. The van der Waals surface area contributed by atoms with Crippen molar-refractivity contribution in [3.8, 4) is 0 Å². The van der Waals surface area contributed by atoms with Gasteiger partial charge in [-0.2, -0.15) is 0 Å². The van der Waals surface area contributed by atoms with Crippen LogP contribution in [-0.2, 0) is 4.74 Å². The minimum atomic E-state index is -0.239. The fourth-order valence-electron chi connectivity index (χ4n) is 1.75. The van der Waals surface area contributed by atoms with Crippen LogP contribution in [0.2, 0.25) is 0 Å². The number of halogens is 1. The van der Waals surface area contributed by atoms with E-state index in [4.69, 9.17) is 4.74 Å². The Morgan fingerprint density at radius 3 is 2.24 bits per heavy atom. The molecule has 90 valence electrons. The molecule has 0 spiro atoms. The summed E-state index contributed by atoms with van der Waals surface area (Å²) in [5.74, 6) is -0.479. The van der Waals surface area contributed by atoms with Crippen LogP contribution in [-0.4, -0.2) is 34.9 Å². The molecule has 0 N–H and O–H groups in total. The van der Waals surface area contributed by atoms with Gasteiger partial charge in [0.1, 0.15) is 5.01 Å². The Balaban J connectivity index is 2.08. The van der Waals surface area contributed by atoms with E-state index in [2.05, 4.69) is 15.9 Å². The number of rotatable bonds is 4. The largest absolute Gasteiger partial charge is 0.365 e. The minimum Gasteiger partial charge on any atom is -0.365 e. The number of hydrogen-bond acceptors (Lipinski definition) is 3. The third-order valence-electron chi connectivity index (χ3n) is 2.54. The standard InChI is InChI=1S/C12H12BrNO3/c1-8(13)17-7-6-14-11(15)9-4-2-3-5-10(9)12(14)16/h2-5,8H,6-7H2,1H3. The van der Waals surface area contributed by atoms with Crippen molar-refractivity contribution in [1.82, 2.24) is 4.90 Å². The van der Waals surface area contributed by atoms with E-state index < -0.39 is 0 Å². The normalized spacial score (nSPS) is 16.2. The molecule has 0 aliphatic carbocycles. The Labute approximate surface area is 108 Å². The van der Waals surface area contributed by atoms with Crippen LogP contribution in [0.25, 0.3) is 0 Å². The van der Waals surface area contributed by atoms with Crippen molar-refractivity contribution in [2.24, 2.45) is 0 Å². The zero-order valence-corrected chi connectivity index (χ0v) is 10.9. The van der Waals surface area contributed by atoms with Gasteiger partial charge in [-0.1, -0.05) is 28.1 Å². The van der Waals surface area contributed by atoms with Crippen molar-refractivity contribution in [1.29, 1.82) is 0 Å². The molecule has 1 aliphatic rings. The average Bonchev–Trinajstić information content (AvgIpc) is 2.54. The van der Waals surface area contributed by atoms with Crippen LogP contribution in [0.3, 0.4) is 0 Å². The van der Waals surface area contributed by atoms with Gasteiger partial charge in [-0.15, -0.1) is 0 Å². The molecule has 1 aliphatic heterocycles. The zero-order chi connectivity index (χ0) is 12.4. The summed E-state index contributed by atoms with van der Waals surface area (Å²) in [4.78, 5) is 25.1. The molecular weight excluding hydrogens is 286 g/mol. The van der Waals surface area contributed by atoms with Gasteiger partial charge in [-0.3, -0.25) is 14.5 Å². The number of hydrogen-bond donors (Lipinski definition) is 0. The van der Waals surface area contributed by atoms with E-state index in [-0.39, 0.29) is 23.4 Å². The van der Waals surface area contributed by atoms with Gasteiger partial charge in [0, 0.05) is 0 Å². The van der Waals surface area contributed by atoms with Gasteiger partial charge >= 0.3 is 0 Å². The maximum atomic E-state index is 11.9. The van der Waals surface area contributed by atoms with Crippen molar-refractivity contribution < 1.29 is 14.3 Å². The molecule has 2 rings (SSSR count). The first-order valence-corrected chi connectivity index (χ1v) is 6.23. The van der Waals surface area contributed by atoms with E-state index in [0.29, 0.717) is 17.7 Å². The van der Waals surface area contributed by atoms with E-state index in [1.165, 1.54) is 4.90 Å². The van der Waals surface area contributed by atoms with Crippen LogP contribution in [0.4, 0.5) is 0 Å². The number of ether oxygens (including phenoxy) is 1. The second-order valence-electron chi connectivity index (χ2n) is 3.72. The van der Waals surface area contributed by atoms with Crippen LogP contribution < -0.4 is 0 Å². The first kappa shape index (κ1) is 12.3. The summed E-state index contributed by atoms with van der Waals surface area (Å²) >= 11 is 3.23. The van der Waals surface area contributed by atoms with E-state index in [9.17, 15) is 9.59 Å². The second-order valence-corrected chi connectivity index (χ2v) is 5.01. The summed E-state index contributed by atoms with van der Waals surface area (Å²) in [6, 6.07) is 6.85. The maximum Gasteiger partial charge on any atom is 0.261 e. The summed E-state index contributed by atoms with van der Waals surface area (Å²) in [5, 5.41) is -0.0855. The first-order chi connectivity index (χ1) is 8.11. The lowest BCUT2D eigenvalue weighted by Crippen LogP contribution is -2.33. The second kappa shape index (κ2) is 4.98. The van der Waals surface area contributed by atoms with Crippen molar-refractivity contribution in [3.05, 3.63) is 35.4 Å². The van der Waals surface area contributed by atoms with E-state index in [1.54, 1.807) is 24.3 Å². The topological polar surface area (TPSA) is 46.6 Å². The molecule has 0 saturated heterocycles. The molecule has 0 saturated carbocycles. The number of nitrogens with zero attached hydrogens (tertiary/aromatic N) is 1. The van der Waals surface area contributed by atoms with Crippen LogP contribution in [0, 0.1) is 0 Å². The summed E-state index contributed by atoms with van der Waals surface area (Å²) < 4.78 is 5.27. The van der Waals surface area contributed by atoms with Gasteiger partial charge in [0.2, 0.25) is 0 Å². The molecule has 0 radical (unpaired) electrons. The van der Waals surface area contributed by atoms with Crippen LogP contribution in [0.1, 0.15) is 27.6 Å². The SMILES string of the molecule is CC(Br)OCCN1C(=O)c2ccccc2C1=O. The molecule has 0 bridgehead atoms. The van der Waals surface area contributed by atoms with Crippen molar-refractivity contribution in [3.63, 3.8) is 0 Å². The Morgan fingerprint density at radius 2 is 1.76 bits per heavy atom. The lowest BCUT2D eigenvalue weighted by atomic mass is 10.1. The molecule has 1 aromatic carbocycles. The van der Waals surface area contributed by atoms with Gasteiger partial charge in [0.15, 0.2) is 0 Å². The predicted octanol–water partition coefficient (Wildman–Crippen LogP) is 2.04. The quantitative estimate of drug-likeness (QED) is 0.631. The Morgan fingerprint density at radius 1 is 1.24 bits per heavy atom. The molecule has 1 atom stereocenters. The van der Waals surface area contributed by atoms with Crippen molar-refractivity contribution >= 4 is 27.7 Å². The Kier molecular flexibility index (Phi) is 3.59. The highest BCUT2D eigenvalue weighted by Crippen LogP contribution is 2.21. The molecule has 4 nitrogen and oxygen atoms in total. The third kappa shape index (κ3) is 2.40. The molecule has 1 unspecified atom stereocenters. The van der Waals surface area contributed by atoms with Gasteiger partial charge in [0.25, 0.3) is 11.8 Å². The molecule has 2 amide bonds. The van der Waals surface area contributed by atoms with Gasteiger partial charge in [0.05, 0.1) is 24.3 Å². The number of amides is 2. The lowest BCUT2D eigenvalue weighted by molar-refractivity contribution is 0.0555. The average molecular weight is 298 g/mol. The van der Waals surface area contributed by atoms with E-state index in [0.717, 1.165) is 0 Å². The Bertz CT molecular complexity index is 424. The number of benzene rings is 1. The first-order valence-electron chi connectivity index (χ1n) is 5.32. The molecule has 0 aromatic heterocycles. The van der Waals surface area contributed by atoms with Crippen molar-refractivity contribution in [2.75, 3.05) is 13.2 Å². The molecule has 5 heteroatoms. The predicted molar refractivity (Wildman–Crippen MR) is 66.2 cm³/mol. The van der Waals surface area contributed by atoms with E-state index in [1.807, 2.05) is 6.92 Å². The molecular formula is C12H12BrNO3. The summed E-state index contributed by atoms with van der Waals surface area (Å²) in [5.41, 5.74) is 0.953. The fourth-order valence-corrected chi connectivity index (χ4v) is 1.94. The molecule has 17 heavy (non-hydrogen) atoms. The summed E-state index contributed by atoms with van der Waals surface area (Å²) in [6.07, 6.45) is 0. The highest BCUT2D eigenvalue weighted by atomic mass is 79.9. The monoisotopic (exact) mass is 297 g/mol. The number of imide groups is 1. The van der Waals surface area contributed by atoms with Crippen LogP contribution >= 0.6 is 15.9 Å². The number of carbonyl (C=O) groups excluding carboxylic acids is 2. The molecule has 1 heterocycles. The lowest BCUT2D eigenvalue weighted by Gasteiger charge is -2.14. The highest BCUT2D eigenvalue weighted by Gasteiger charge is 2.34. The fraction of sp³-hybridized carbons (Fsp3) is 0.333. The number of fused-ring (bicyclic) bond motifs is 1. The number of alkyl halides is 1. The maximum absolute atomic E-state index is 11.9. The minimum absolute atomic E-state index is 0.0855. The van der Waals surface area contributed by atoms with Crippen LogP contribution in [0.15, 0.2) is 24.3 Å². The smallest absolute Gasteiger partial charge is 0.261 e. The Hall–Kier alpha value is -1.20. The van der Waals surface area contributed by atoms with Crippen molar-refractivity contribution in [2.45, 2.75) is 11.9 Å². The van der Waals surface area contributed by atoms with Gasteiger partial charge < -0.3 is 4.74 Å². The third-order valence-corrected chi connectivity index (χ3v) is 2.80.